The third-order valence-electron chi connectivity index (χ3n) is 4.52. The second-order valence-electron chi connectivity index (χ2n) is 6.94. The molecule has 0 aromatic carbocycles. The molecule has 0 N–H and O–H groups in total. The van der Waals surface area contributed by atoms with Crippen LogP contribution >= 0.6 is 0 Å². The Kier molecular flexibility index (Phi) is 6.26. The molecule has 13 heteroatoms. The molecule has 0 radical (unpaired) electrons. The van der Waals surface area contributed by atoms with Gasteiger partial charge in [-0.2, -0.15) is 0 Å². The van der Waals surface area contributed by atoms with E-state index in [0.717, 1.165) is 24.3 Å². The Labute approximate surface area is 190 Å². The van der Waals surface area contributed by atoms with Crippen LogP contribution in [-0.4, -0.2) is 29.1 Å². The van der Waals surface area contributed by atoms with E-state index in [9.17, 15) is 26.3 Å². The number of imidazole rings is 2. The monoisotopic (exact) mass is 542 g/mol. The van der Waals surface area contributed by atoms with E-state index in [4.69, 9.17) is 0 Å². The maximum absolute atomic E-state index is 14.3. The molecule has 0 atom stereocenters. The van der Waals surface area contributed by atoms with Gasteiger partial charge < -0.3 is 19.1 Å². The van der Waals surface area contributed by atoms with Crippen molar-refractivity contribution >= 4 is 0 Å². The quantitative estimate of drug-likeness (QED) is 0.225. The predicted octanol–water partition coefficient (Wildman–Crippen LogP) is 3.61. The summed E-state index contributed by atoms with van der Waals surface area (Å²) in [6, 6.07) is 3.63. The standard InChI is InChI=1S/C19H10F6N6.Pd/c1-19(2,11-3-9(20)5-13(28-11)30-7-26-15(22)17(30)24)12-4-10(21)6-14(29-12)31-8-27-16(23)18(31)25;/h3-6H,1-2H3;/q-2;+2. The Bertz CT molecular complexity index is 1200. The van der Waals surface area contributed by atoms with Crippen LogP contribution < -0.4 is 0 Å². The third kappa shape index (κ3) is 4.05. The van der Waals surface area contributed by atoms with Crippen molar-refractivity contribution in [3.8, 4) is 11.6 Å². The first kappa shape index (κ1) is 23.6. The van der Waals surface area contributed by atoms with Gasteiger partial charge in [0.15, 0.2) is 0 Å². The van der Waals surface area contributed by atoms with Crippen LogP contribution in [0.1, 0.15) is 25.2 Å². The van der Waals surface area contributed by atoms with Crippen molar-refractivity contribution < 1.29 is 46.8 Å². The van der Waals surface area contributed by atoms with E-state index in [1.807, 2.05) is 12.7 Å². The van der Waals surface area contributed by atoms with Gasteiger partial charge in [0.25, 0.3) is 0 Å². The fraction of sp³-hybridized carbons (Fsp3) is 0.158. The number of hydrogen-bond acceptors (Lipinski definition) is 4. The number of aromatic nitrogens is 6. The molecule has 0 fully saturated rings. The second kappa shape index (κ2) is 8.48. The summed E-state index contributed by atoms with van der Waals surface area (Å²) < 4.78 is 83.7. The molecule has 4 aromatic heterocycles. The molecule has 0 aliphatic rings. The van der Waals surface area contributed by atoms with Gasteiger partial charge >= 0.3 is 20.4 Å². The predicted molar refractivity (Wildman–Crippen MR) is 92.3 cm³/mol. The molecule has 32 heavy (non-hydrogen) atoms. The number of rotatable bonds is 4. The minimum Gasteiger partial charge on any atom is -0.386 e. The zero-order valence-corrected chi connectivity index (χ0v) is 17.6. The molecular formula is C19H10F6N6Pd. The molecular weight excluding hydrogens is 533 g/mol. The molecule has 0 aliphatic heterocycles. The number of halogens is 6. The number of hydrogen-bond donors (Lipinski definition) is 0. The van der Waals surface area contributed by atoms with Crippen LogP contribution in [-0.2, 0) is 25.8 Å². The van der Waals surface area contributed by atoms with E-state index in [1.54, 1.807) is 0 Å². The SMILES string of the molecule is CC(C)(c1cc(F)cc(-n2[c-]nc(F)c2F)n1)c1cc(F)cc(-n2[c-]nc(F)c2F)n1.[Pd+2]. The summed E-state index contributed by atoms with van der Waals surface area (Å²) in [5.74, 6) is -8.22. The Morgan fingerprint density at radius 2 is 1.06 bits per heavy atom. The smallest absolute Gasteiger partial charge is 0.386 e. The molecule has 4 rings (SSSR count). The topological polar surface area (TPSA) is 61.4 Å². The van der Waals surface area contributed by atoms with Gasteiger partial charge in [0.05, 0.1) is 11.6 Å². The van der Waals surface area contributed by atoms with E-state index in [2.05, 4.69) is 19.9 Å². The average Bonchev–Trinajstić information content (AvgIpc) is 3.22. The van der Waals surface area contributed by atoms with E-state index in [1.165, 1.54) is 13.8 Å². The molecule has 0 unspecified atom stereocenters. The maximum Gasteiger partial charge on any atom is 2.00 e. The minimum absolute atomic E-state index is 0. The number of nitrogens with zero attached hydrogens (tertiary/aromatic N) is 6. The summed E-state index contributed by atoms with van der Waals surface area (Å²) in [6.45, 7) is 2.99. The minimum atomic E-state index is -1.45. The molecule has 0 aliphatic carbocycles. The Balaban J connectivity index is 0.00000289. The van der Waals surface area contributed by atoms with Gasteiger partial charge in [-0.15, -0.1) is 0 Å². The van der Waals surface area contributed by atoms with Crippen LogP contribution in [0.15, 0.2) is 24.3 Å². The van der Waals surface area contributed by atoms with Gasteiger partial charge in [-0.3, -0.25) is 18.7 Å². The summed E-state index contributed by atoms with van der Waals surface area (Å²) in [6.07, 6.45) is 4.01. The van der Waals surface area contributed by atoms with Crippen LogP contribution in [0.25, 0.3) is 11.6 Å². The van der Waals surface area contributed by atoms with Gasteiger partial charge in [-0.25, -0.2) is 17.6 Å². The molecule has 6 nitrogen and oxygen atoms in total. The van der Waals surface area contributed by atoms with Gasteiger partial charge in [0.1, 0.15) is 35.4 Å². The summed E-state index contributed by atoms with van der Waals surface area (Å²) in [5, 5.41) is 0. The van der Waals surface area contributed by atoms with Gasteiger partial charge in [0.2, 0.25) is 0 Å². The van der Waals surface area contributed by atoms with E-state index in [0.29, 0.717) is 9.13 Å². The van der Waals surface area contributed by atoms with Crippen molar-refractivity contribution in [1.82, 2.24) is 29.1 Å². The first-order valence-corrected chi connectivity index (χ1v) is 8.57. The summed E-state index contributed by atoms with van der Waals surface area (Å²) in [7, 11) is 0. The van der Waals surface area contributed by atoms with Crippen LogP contribution in [0.3, 0.4) is 0 Å². The van der Waals surface area contributed by atoms with Crippen molar-refractivity contribution in [2.24, 2.45) is 0 Å². The van der Waals surface area contributed by atoms with E-state index >= 15 is 0 Å². The summed E-state index contributed by atoms with van der Waals surface area (Å²) >= 11 is 0. The first-order chi connectivity index (χ1) is 14.6. The molecule has 0 spiro atoms. The number of pyridine rings is 2. The van der Waals surface area contributed by atoms with Crippen LogP contribution in [0, 0.1) is 48.1 Å². The zero-order valence-electron chi connectivity index (χ0n) is 16.1. The van der Waals surface area contributed by atoms with Crippen LogP contribution in [0.2, 0.25) is 0 Å². The molecule has 4 aromatic rings. The summed E-state index contributed by atoms with van der Waals surface area (Å²) in [4.78, 5) is 14.3. The molecule has 0 amide bonds. The van der Waals surface area contributed by atoms with E-state index < -0.39 is 40.8 Å². The molecule has 0 saturated carbocycles. The van der Waals surface area contributed by atoms with Gasteiger partial charge in [-0.1, -0.05) is 0 Å². The van der Waals surface area contributed by atoms with E-state index in [-0.39, 0.29) is 43.4 Å². The Morgan fingerprint density at radius 1 is 0.688 bits per heavy atom. The molecule has 4 heterocycles. The van der Waals surface area contributed by atoms with Crippen LogP contribution in [0.5, 0.6) is 0 Å². The zero-order chi connectivity index (χ0) is 22.5. The van der Waals surface area contributed by atoms with Gasteiger partial charge in [0, 0.05) is 29.5 Å². The maximum atomic E-state index is 14.3. The largest absolute Gasteiger partial charge is 2.00 e. The Hall–Kier alpha value is -3.04. The van der Waals surface area contributed by atoms with Crippen LogP contribution in [0.4, 0.5) is 26.3 Å². The normalized spacial score (nSPS) is 11.5. The fourth-order valence-corrected chi connectivity index (χ4v) is 2.82. The average molecular weight is 543 g/mol. The van der Waals surface area contributed by atoms with Crippen molar-refractivity contribution in [2.45, 2.75) is 19.3 Å². The van der Waals surface area contributed by atoms with Crippen molar-refractivity contribution in [3.05, 3.63) is 83.7 Å². The van der Waals surface area contributed by atoms with Crippen molar-refractivity contribution in [1.29, 1.82) is 0 Å². The fourth-order valence-electron chi connectivity index (χ4n) is 2.82. The molecule has 168 valence electrons. The molecule has 0 saturated heterocycles. The third-order valence-corrected chi connectivity index (χ3v) is 4.52. The first-order valence-electron chi connectivity index (χ1n) is 8.57. The summed E-state index contributed by atoms with van der Waals surface area (Å²) in [5.41, 5.74) is -1.41. The second-order valence-corrected chi connectivity index (χ2v) is 6.94. The van der Waals surface area contributed by atoms with Crippen molar-refractivity contribution in [3.63, 3.8) is 0 Å². The molecule has 0 bridgehead atoms. The van der Waals surface area contributed by atoms with Gasteiger partial charge in [-0.05, 0) is 38.1 Å². The van der Waals surface area contributed by atoms with Crippen molar-refractivity contribution in [2.75, 3.05) is 0 Å². The Morgan fingerprint density at radius 3 is 1.38 bits per heavy atom.